The van der Waals surface area contributed by atoms with Gasteiger partial charge in [-0.2, -0.15) is 17.0 Å². The zero-order chi connectivity index (χ0) is 17.2. The van der Waals surface area contributed by atoms with Crippen LogP contribution in [-0.4, -0.2) is 73.0 Å². The van der Waals surface area contributed by atoms with Crippen molar-refractivity contribution in [3.8, 4) is 5.88 Å². The average molecular weight is 356 g/mol. The molecule has 1 aromatic heterocycles. The van der Waals surface area contributed by atoms with Gasteiger partial charge in [-0.15, -0.1) is 0 Å². The minimum Gasteiger partial charge on any atom is -0.477 e. The Hall–Kier alpha value is -1.29. The van der Waals surface area contributed by atoms with Crippen LogP contribution in [0.4, 0.5) is 0 Å². The van der Waals surface area contributed by atoms with Crippen molar-refractivity contribution >= 4 is 10.2 Å². The molecule has 0 amide bonds. The van der Waals surface area contributed by atoms with Crippen LogP contribution in [0.2, 0.25) is 0 Å². The Morgan fingerprint density at radius 1 is 1.42 bits per heavy atom. The van der Waals surface area contributed by atoms with Gasteiger partial charge in [0.2, 0.25) is 5.88 Å². The van der Waals surface area contributed by atoms with Gasteiger partial charge in [-0.3, -0.25) is 4.98 Å². The second-order valence-corrected chi connectivity index (χ2v) is 8.77. The van der Waals surface area contributed by atoms with E-state index in [2.05, 4.69) is 9.97 Å². The molecule has 2 aliphatic rings. The van der Waals surface area contributed by atoms with E-state index in [0.29, 0.717) is 38.1 Å². The third kappa shape index (κ3) is 3.69. The Labute approximate surface area is 143 Å². The first kappa shape index (κ1) is 17.5. The summed E-state index contributed by atoms with van der Waals surface area (Å²) in [6, 6.07) is 0. The fourth-order valence-corrected chi connectivity index (χ4v) is 4.54. The smallest absolute Gasteiger partial charge is 0.281 e. The van der Waals surface area contributed by atoms with Crippen molar-refractivity contribution in [2.75, 3.05) is 40.4 Å². The van der Waals surface area contributed by atoms with E-state index in [-0.39, 0.29) is 5.60 Å². The Morgan fingerprint density at radius 3 is 2.88 bits per heavy atom. The topological polar surface area (TPSA) is 84.9 Å². The predicted molar refractivity (Wildman–Crippen MR) is 87.7 cm³/mol. The molecule has 2 aliphatic heterocycles. The fourth-order valence-electron chi connectivity index (χ4n) is 3.28. The van der Waals surface area contributed by atoms with Gasteiger partial charge in [0, 0.05) is 46.2 Å². The Morgan fingerprint density at radius 2 is 2.21 bits per heavy atom. The molecule has 0 unspecified atom stereocenters. The number of rotatable bonds is 6. The van der Waals surface area contributed by atoms with Gasteiger partial charge >= 0.3 is 0 Å². The highest BCUT2D eigenvalue weighted by molar-refractivity contribution is 7.86. The second-order valence-electron chi connectivity index (χ2n) is 6.63. The van der Waals surface area contributed by atoms with Crippen LogP contribution < -0.4 is 4.74 Å². The van der Waals surface area contributed by atoms with Gasteiger partial charge in [-0.25, -0.2) is 4.98 Å². The maximum absolute atomic E-state index is 12.1. The van der Waals surface area contributed by atoms with Crippen molar-refractivity contribution in [1.29, 1.82) is 0 Å². The van der Waals surface area contributed by atoms with E-state index < -0.39 is 10.2 Å². The quantitative estimate of drug-likeness (QED) is 0.739. The molecule has 2 fully saturated rings. The highest BCUT2D eigenvalue weighted by atomic mass is 32.2. The van der Waals surface area contributed by atoms with Crippen molar-refractivity contribution in [2.24, 2.45) is 5.92 Å². The maximum atomic E-state index is 12.1. The van der Waals surface area contributed by atoms with Crippen LogP contribution in [0.5, 0.6) is 5.88 Å². The molecule has 0 aromatic carbocycles. The molecule has 0 N–H and O–H groups in total. The van der Waals surface area contributed by atoms with Gasteiger partial charge < -0.3 is 9.47 Å². The SMILES string of the molecule is CN(C)S(=O)(=O)N1CC2(C[C@H](CCOc3cnccn3)CCO2)C1. The molecule has 24 heavy (non-hydrogen) atoms. The summed E-state index contributed by atoms with van der Waals surface area (Å²) >= 11 is 0. The Balaban J connectivity index is 1.47. The second kappa shape index (κ2) is 6.91. The molecule has 8 nitrogen and oxygen atoms in total. The number of hydrogen-bond acceptors (Lipinski definition) is 6. The van der Waals surface area contributed by atoms with Gasteiger partial charge in [0.15, 0.2) is 0 Å². The summed E-state index contributed by atoms with van der Waals surface area (Å²) in [5.41, 5.74) is -0.321. The van der Waals surface area contributed by atoms with Crippen LogP contribution in [-0.2, 0) is 14.9 Å². The first-order valence-electron chi connectivity index (χ1n) is 8.12. The minimum atomic E-state index is -3.34. The lowest BCUT2D eigenvalue weighted by Gasteiger charge is -2.52. The highest BCUT2D eigenvalue weighted by Gasteiger charge is 2.51. The first-order valence-corrected chi connectivity index (χ1v) is 9.51. The molecule has 1 spiro atoms. The highest BCUT2D eigenvalue weighted by Crippen LogP contribution is 2.39. The van der Waals surface area contributed by atoms with Crippen molar-refractivity contribution in [3.05, 3.63) is 18.6 Å². The van der Waals surface area contributed by atoms with E-state index in [4.69, 9.17) is 9.47 Å². The molecule has 2 saturated heterocycles. The summed E-state index contributed by atoms with van der Waals surface area (Å²) in [4.78, 5) is 8.05. The van der Waals surface area contributed by atoms with E-state index in [1.54, 1.807) is 32.7 Å². The van der Waals surface area contributed by atoms with Gasteiger partial charge in [-0.05, 0) is 25.2 Å². The Kier molecular flexibility index (Phi) is 5.05. The molecule has 0 bridgehead atoms. The molecule has 1 atom stereocenters. The van der Waals surface area contributed by atoms with Crippen LogP contribution in [0, 0.1) is 5.92 Å². The summed E-state index contributed by atoms with van der Waals surface area (Å²) in [5.74, 6) is 1.01. The number of hydrogen-bond donors (Lipinski definition) is 0. The first-order chi connectivity index (χ1) is 11.4. The van der Waals surface area contributed by atoms with Crippen molar-refractivity contribution in [1.82, 2.24) is 18.6 Å². The molecule has 9 heteroatoms. The summed E-state index contributed by atoms with van der Waals surface area (Å²) < 4.78 is 38.5. The fraction of sp³-hybridized carbons (Fsp3) is 0.733. The number of nitrogens with zero attached hydrogens (tertiary/aromatic N) is 4. The van der Waals surface area contributed by atoms with Gasteiger partial charge in [-0.1, -0.05) is 0 Å². The third-order valence-corrected chi connectivity index (χ3v) is 6.46. The van der Waals surface area contributed by atoms with Gasteiger partial charge in [0.1, 0.15) is 0 Å². The lowest BCUT2D eigenvalue weighted by atomic mass is 9.80. The summed E-state index contributed by atoms with van der Waals surface area (Å²) in [6.45, 7) is 2.13. The largest absolute Gasteiger partial charge is 0.477 e. The lowest BCUT2D eigenvalue weighted by molar-refractivity contribution is -0.157. The molecule has 0 aliphatic carbocycles. The lowest BCUT2D eigenvalue weighted by Crippen LogP contribution is -2.67. The zero-order valence-corrected chi connectivity index (χ0v) is 14.9. The monoisotopic (exact) mass is 356 g/mol. The average Bonchev–Trinajstić information content (AvgIpc) is 2.53. The Bertz CT molecular complexity index is 647. The zero-order valence-electron chi connectivity index (χ0n) is 14.1. The molecule has 3 rings (SSSR count). The van der Waals surface area contributed by atoms with Crippen LogP contribution in [0.1, 0.15) is 19.3 Å². The standard InChI is InChI=1S/C15H24N4O4S/c1-18(2)24(20,21)19-11-15(12-19)9-13(4-8-23-15)3-7-22-14-10-16-5-6-17-14/h5-6,10,13H,3-4,7-9,11-12H2,1-2H3/t13-/m1/s1. The van der Waals surface area contributed by atoms with E-state index in [9.17, 15) is 8.42 Å². The normalized spacial score (nSPS) is 24.0. The molecular formula is C15H24N4O4S. The van der Waals surface area contributed by atoms with E-state index >= 15 is 0 Å². The number of ether oxygens (including phenoxy) is 2. The molecule has 3 heterocycles. The van der Waals surface area contributed by atoms with E-state index in [1.807, 2.05) is 0 Å². The minimum absolute atomic E-state index is 0.321. The third-order valence-electron chi connectivity index (χ3n) is 4.63. The van der Waals surface area contributed by atoms with Crippen molar-refractivity contribution in [3.63, 3.8) is 0 Å². The predicted octanol–water partition coefficient (Wildman–Crippen LogP) is 0.533. The van der Waals surface area contributed by atoms with Gasteiger partial charge in [0.25, 0.3) is 10.2 Å². The summed E-state index contributed by atoms with van der Waals surface area (Å²) in [5, 5.41) is 0. The molecular weight excluding hydrogens is 332 g/mol. The molecule has 134 valence electrons. The van der Waals surface area contributed by atoms with Crippen LogP contribution in [0.15, 0.2) is 18.6 Å². The molecule has 0 radical (unpaired) electrons. The van der Waals surface area contributed by atoms with Crippen LogP contribution in [0.3, 0.4) is 0 Å². The van der Waals surface area contributed by atoms with Crippen LogP contribution in [0.25, 0.3) is 0 Å². The maximum Gasteiger partial charge on any atom is 0.281 e. The summed E-state index contributed by atoms with van der Waals surface area (Å²) in [6.07, 6.45) is 7.57. The van der Waals surface area contributed by atoms with Crippen LogP contribution >= 0.6 is 0 Å². The summed E-state index contributed by atoms with van der Waals surface area (Å²) in [7, 11) is -0.239. The molecule has 0 saturated carbocycles. The van der Waals surface area contributed by atoms with Gasteiger partial charge in [0.05, 0.1) is 18.4 Å². The number of aromatic nitrogens is 2. The van der Waals surface area contributed by atoms with E-state index in [0.717, 1.165) is 19.3 Å². The van der Waals surface area contributed by atoms with Crippen molar-refractivity contribution in [2.45, 2.75) is 24.9 Å². The van der Waals surface area contributed by atoms with Crippen molar-refractivity contribution < 1.29 is 17.9 Å². The molecule has 1 aromatic rings. The van der Waals surface area contributed by atoms with E-state index in [1.165, 1.54) is 8.61 Å².